The van der Waals surface area contributed by atoms with Crippen molar-refractivity contribution in [1.29, 1.82) is 0 Å². The van der Waals surface area contributed by atoms with Crippen molar-refractivity contribution in [3.05, 3.63) is 113 Å². The summed E-state index contributed by atoms with van der Waals surface area (Å²) in [6, 6.07) is 26.6. The molecule has 1 amide bonds. The van der Waals surface area contributed by atoms with Crippen molar-refractivity contribution in [3.8, 4) is 0 Å². The molecule has 0 unspecified atom stereocenters. The second-order valence-electron chi connectivity index (χ2n) is 9.07. The quantitative estimate of drug-likeness (QED) is 0.372. The molecule has 2 atom stereocenters. The first-order valence-corrected chi connectivity index (χ1v) is 12.4. The molecule has 1 fully saturated rings. The van der Waals surface area contributed by atoms with Crippen LogP contribution in [0.3, 0.4) is 0 Å². The molecule has 1 aliphatic rings. The molecule has 4 aromatic rings. The third-order valence-corrected chi connectivity index (χ3v) is 7.06. The Bertz CT molecular complexity index is 1290. The van der Waals surface area contributed by atoms with E-state index in [0.29, 0.717) is 13.1 Å². The van der Waals surface area contributed by atoms with Crippen molar-refractivity contribution in [2.75, 3.05) is 6.54 Å². The van der Waals surface area contributed by atoms with Gasteiger partial charge in [0.1, 0.15) is 0 Å². The van der Waals surface area contributed by atoms with E-state index >= 15 is 0 Å². The largest absolute Gasteiger partial charge is 0.351 e. The number of fused-ring (bicyclic) bond motifs is 1. The first-order chi connectivity index (χ1) is 17.2. The van der Waals surface area contributed by atoms with Gasteiger partial charge in [0.05, 0.1) is 6.04 Å². The summed E-state index contributed by atoms with van der Waals surface area (Å²) < 4.78 is 0. The molecule has 0 radical (unpaired) electrons. The molecule has 1 saturated heterocycles. The summed E-state index contributed by atoms with van der Waals surface area (Å²) >= 11 is 6.45. The number of benzene rings is 3. The average Bonchev–Trinajstić information content (AvgIpc) is 3.30. The highest BCUT2D eigenvalue weighted by Gasteiger charge is 2.36. The maximum Gasteiger partial charge on any atom is 0.237 e. The molecule has 6 heteroatoms. The fourth-order valence-electron chi connectivity index (χ4n) is 4.85. The number of nitrogens with zero attached hydrogens (tertiary/aromatic N) is 2. The lowest BCUT2D eigenvalue weighted by atomic mass is 10.0. The molecule has 2 N–H and O–H groups in total. The molecule has 5 rings (SSSR count). The van der Waals surface area contributed by atoms with Crippen LogP contribution in [0.5, 0.6) is 0 Å². The maximum absolute atomic E-state index is 13.3. The number of halogens is 1. The van der Waals surface area contributed by atoms with E-state index in [1.807, 2.05) is 36.4 Å². The van der Waals surface area contributed by atoms with E-state index in [9.17, 15) is 4.79 Å². The van der Waals surface area contributed by atoms with E-state index in [1.54, 1.807) is 12.4 Å². The minimum absolute atomic E-state index is 0.0374. The van der Waals surface area contributed by atoms with Crippen LogP contribution in [-0.2, 0) is 24.4 Å². The molecule has 5 nitrogen and oxygen atoms in total. The summed E-state index contributed by atoms with van der Waals surface area (Å²) in [5.74, 6) is 0.0374. The van der Waals surface area contributed by atoms with Gasteiger partial charge in [0, 0.05) is 49.6 Å². The number of amides is 1. The lowest BCUT2D eigenvalue weighted by Gasteiger charge is -2.24. The second kappa shape index (κ2) is 11.0. The van der Waals surface area contributed by atoms with Gasteiger partial charge in [0.25, 0.3) is 0 Å². The monoisotopic (exact) mass is 484 g/mol. The fraction of sp³-hybridized carbons (Fsp3) is 0.241. The van der Waals surface area contributed by atoms with Gasteiger partial charge in [-0.3, -0.25) is 14.7 Å². The van der Waals surface area contributed by atoms with Crippen molar-refractivity contribution in [3.63, 3.8) is 0 Å². The first-order valence-electron chi connectivity index (χ1n) is 12.0. The molecule has 0 saturated carbocycles. The number of pyridine rings is 1. The van der Waals surface area contributed by atoms with Crippen LogP contribution < -0.4 is 10.6 Å². The number of aromatic nitrogens is 1. The van der Waals surface area contributed by atoms with Crippen molar-refractivity contribution in [2.45, 2.75) is 38.1 Å². The van der Waals surface area contributed by atoms with Crippen LogP contribution in [0, 0.1) is 0 Å². The zero-order valence-corrected chi connectivity index (χ0v) is 20.3. The van der Waals surface area contributed by atoms with Crippen LogP contribution in [-0.4, -0.2) is 34.4 Å². The van der Waals surface area contributed by atoms with Crippen LogP contribution in [0.1, 0.15) is 23.1 Å². The Morgan fingerprint density at radius 2 is 1.74 bits per heavy atom. The van der Waals surface area contributed by atoms with Crippen molar-refractivity contribution in [1.82, 2.24) is 20.5 Å². The van der Waals surface area contributed by atoms with Gasteiger partial charge in [-0.2, -0.15) is 0 Å². The Balaban J connectivity index is 1.29. The highest BCUT2D eigenvalue weighted by Crippen LogP contribution is 2.25. The van der Waals surface area contributed by atoms with Crippen molar-refractivity contribution >= 4 is 28.3 Å². The molecule has 1 aromatic heterocycles. The number of rotatable bonds is 8. The summed E-state index contributed by atoms with van der Waals surface area (Å²) in [5.41, 5.74) is 3.29. The van der Waals surface area contributed by atoms with Crippen LogP contribution in [0.4, 0.5) is 0 Å². The Kier molecular flexibility index (Phi) is 7.38. The summed E-state index contributed by atoms with van der Waals surface area (Å²) in [7, 11) is 0. The standard InChI is InChI=1S/C29H29ClN4O/c30-27-13-4-2-9-24(27)19-34-20-25(15-28(34)29(35)33-17-21-7-6-14-31-16-21)32-18-23-11-5-10-22-8-1-3-12-26(22)23/h1-14,16,25,28,32H,15,17-20H2,(H,33,35)/t25-,28-/m0/s1. The van der Waals surface area contributed by atoms with Gasteiger partial charge in [0.2, 0.25) is 5.91 Å². The smallest absolute Gasteiger partial charge is 0.237 e. The maximum atomic E-state index is 13.3. The van der Waals surface area contributed by atoms with Gasteiger partial charge >= 0.3 is 0 Å². The summed E-state index contributed by atoms with van der Waals surface area (Å²) in [5, 5.41) is 10.1. The van der Waals surface area contributed by atoms with Crippen molar-refractivity contribution < 1.29 is 4.79 Å². The highest BCUT2D eigenvalue weighted by atomic mass is 35.5. The van der Waals surface area contributed by atoms with E-state index < -0.39 is 0 Å². The van der Waals surface area contributed by atoms with Gasteiger partial charge in [-0.15, -0.1) is 0 Å². The molecule has 35 heavy (non-hydrogen) atoms. The van der Waals surface area contributed by atoms with Crippen molar-refractivity contribution in [2.24, 2.45) is 0 Å². The zero-order valence-electron chi connectivity index (χ0n) is 19.5. The molecule has 2 heterocycles. The van der Waals surface area contributed by atoms with Gasteiger partial charge in [-0.05, 0) is 46.0 Å². The van der Waals surface area contributed by atoms with Gasteiger partial charge < -0.3 is 10.6 Å². The third kappa shape index (κ3) is 5.70. The number of nitrogens with one attached hydrogen (secondary N) is 2. The van der Waals surface area contributed by atoms with E-state index in [0.717, 1.165) is 35.7 Å². The molecule has 3 aromatic carbocycles. The average molecular weight is 485 g/mol. The molecule has 0 bridgehead atoms. The highest BCUT2D eigenvalue weighted by molar-refractivity contribution is 6.31. The molecule has 1 aliphatic heterocycles. The number of carbonyl (C=O) groups excluding carboxylic acids is 1. The molecular formula is C29H29ClN4O. The lowest BCUT2D eigenvalue weighted by molar-refractivity contribution is -0.125. The number of likely N-dealkylation sites (tertiary alicyclic amines) is 1. The first kappa shape index (κ1) is 23.5. The number of hydrogen-bond donors (Lipinski definition) is 2. The van der Waals surface area contributed by atoms with E-state index in [-0.39, 0.29) is 18.0 Å². The molecule has 0 spiro atoms. The summed E-state index contributed by atoms with van der Waals surface area (Å²) in [6.07, 6.45) is 4.26. The minimum atomic E-state index is -0.229. The van der Waals surface area contributed by atoms with Crippen LogP contribution >= 0.6 is 11.6 Å². The van der Waals surface area contributed by atoms with Gasteiger partial charge in [-0.1, -0.05) is 78.3 Å². The van der Waals surface area contributed by atoms with Gasteiger partial charge in [-0.25, -0.2) is 0 Å². The fourth-order valence-corrected chi connectivity index (χ4v) is 5.05. The Hall–Kier alpha value is -3.25. The second-order valence-corrected chi connectivity index (χ2v) is 9.47. The van der Waals surface area contributed by atoms with E-state index in [4.69, 9.17) is 11.6 Å². The molecule has 0 aliphatic carbocycles. The van der Waals surface area contributed by atoms with E-state index in [2.05, 4.69) is 63.0 Å². The predicted molar refractivity (Wildman–Crippen MR) is 141 cm³/mol. The van der Waals surface area contributed by atoms with Gasteiger partial charge in [0.15, 0.2) is 0 Å². The normalized spacial score (nSPS) is 18.1. The lowest BCUT2D eigenvalue weighted by Crippen LogP contribution is -2.42. The van der Waals surface area contributed by atoms with Crippen LogP contribution in [0.25, 0.3) is 10.8 Å². The Morgan fingerprint density at radius 1 is 0.943 bits per heavy atom. The Morgan fingerprint density at radius 3 is 2.60 bits per heavy atom. The third-order valence-electron chi connectivity index (χ3n) is 6.69. The summed E-state index contributed by atoms with van der Waals surface area (Å²) in [4.78, 5) is 19.6. The topological polar surface area (TPSA) is 57.3 Å². The number of carbonyl (C=O) groups is 1. The minimum Gasteiger partial charge on any atom is -0.351 e. The Labute approximate surface area is 211 Å². The zero-order chi connectivity index (χ0) is 24.0. The number of hydrogen-bond acceptors (Lipinski definition) is 4. The molecular weight excluding hydrogens is 456 g/mol. The molecule has 178 valence electrons. The van der Waals surface area contributed by atoms with Crippen LogP contribution in [0.15, 0.2) is 91.3 Å². The predicted octanol–water partition coefficient (Wildman–Crippen LogP) is 4.94. The summed E-state index contributed by atoms with van der Waals surface area (Å²) in [6.45, 7) is 2.64. The van der Waals surface area contributed by atoms with Crippen LogP contribution in [0.2, 0.25) is 5.02 Å². The van der Waals surface area contributed by atoms with E-state index in [1.165, 1.54) is 16.3 Å². The SMILES string of the molecule is O=C(NCc1cccnc1)[C@@H]1C[C@H](NCc2cccc3ccccc23)CN1Cc1ccccc1Cl.